The van der Waals surface area contributed by atoms with Gasteiger partial charge in [0, 0.05) is 12.2 Å². The maximum Gasteiger partial charge on any atom is 0.338 e. The van der Waals surface area contributed by atoms with E-state index in [-0.39, 0.29) is 0 Å². The van der Waals surface area contributed by atoms with E-state index in [9.17, 15) is 9.59 Å². The lowest BCUT2D eigenvalue weighted by Gasteiger charge is -1.80. The highest BCUT2D eigenvalue weighted by atomic mass is 16.6. The lowest BCUT2D eigenvalue weighted by molar-refractivity contribution is -0.150. The molecule has 0 saturated heterocycles. The molecule has 1 aliphatic heterocycles. The molecule has 0 amide bonds. The second kappa shape index (κ2) is 4.40. The van der Waals surface area contributed by atoms with Crippen LogP contribution in [0.4, 0.5) is 0 Å². The normalized spacial score (nSPS) is 18.1. The van der Waals surface area contributed by atoms with E-state index < -0.39 is 11.9 Å². The average Bonchev–Trinajstić information content (AvgIpc) is 2.64. The lowest BCUT2D eigenvalue weighted by atomic mass is 10.3. The summed E-state index contributed by atoms with van der Waals surface area (Å²) >= 11 is 0. The summed E-state index contributed by atoms with van der Waals surface area (Å²) in [4.78, 5) is 19.8. The number of ether oxygens (including phenoxy) is 1. The molecule has 0 spiro atoms. The number of esters is 2. The molecule has 0 atom stereocenters. The summed E-state index contributed by atoms with van der Waals surface area (Å²) in [6.07, 6.45) is 9.73. The van der Waals surface area contributed by atoms with Crippen LogP contribution in [0.3, 0.4) is 0 Å². The van der Waals surface area contributed by atoms with Crippen molar-refractivity contribution in [2.75, 3.05) is 0 Å². The Morgan fingerprint density at radius 1 is 1.23 bits per heavy atom. The molecule has 0 aromatic rings. The molecule has 3 heteroatoms. The summed E-state index contributed by atoms with van der Waals surface area (Å²) in [7, 11) is 0. The lowest BCUT2D eigenvalue weighted by Crippen LogP contribution is -1.96. The highest BCUT2D eigenvalue weighted by Gasteiger charge is 2.10. The van der Waals surface area contributed by atoms with Crippen molar-refractivity contribution in [3.63, 3.8) is 0 Å². The number of hydrogen-bond donors (Lipinski definition) is 0. The Labute approximate surface area is 76.4 Å². The maximum atomic E-state index is 9.92. The third kappa shape index (κ3) is 3.51. The van der Waals surface area contributed by atoms with Gasteiger partial charge in [0.05, 0.1) is 0 Å². The summed E-state index contributed by atoms with van der Waals surface area (Å²) in [5.41, 5.74) is 1.47. The molecule has 3 nitrogen and oxygen atoms in total. The van der Waals surface area contributed by atoms with Gasteiger partial charge in [0.1, 0.15) is 0 Å². The van der Waals surface area contributed by atoms with Crippen LogP contribution in [0.1, 0.15) is 13.3 Å². The molecule has 0 unspecified atom stereocenters. The SMILES string of the molecule is CC1=CC=CC1.O=C1C=CC(=O)O1. The molecule has 13 heavy (non-hydrogen) atoms. The fourth-order valence-corrected chi connectivity index (χ4v) is 0.858. The van der Waals surface area contributed by atoms with Crippen molar-refractivity contribution in [1.82, 2.24) is 0 Å². The number of hydrogen-bond acceptors (Lipinski definition) is 3. The summed E-state index contributed by atoms with van der Waals surface area (Å²) in [6.45, 7) is 2.14. The summed E-state index contributed by atoms with van der Waals surface area (Å²) in [5, 5.41) is 0. The van der Waals surface area contributed by atoms with Gasteiger partial charge in [0.2, 0.25) is 0 Å². The zero-order valence-corrected chi connectivity index (χ0v) is 7.32. The van der Waals surface area contributed by atoms with Gasteiger partial charge in [-0.3, -0.25) is 0 Å². The zero-order chi connectivity index (χ0) is 9.68. The Morgan fingerprint density at radius 3 is 2.00 bits per heavy atom. The van der Waals surface area contributed by atoms with E-state index in [0.29, 0.717) is 0 Å². The van der Waals surface area contributed by atoms with Gasteiger partial charge in [0.15, 0.2) is 0 Å². The minimum absolute atomic E-state index is 0.579. The Balaban J connectivity index is 0.000000132. The molecule has 68 valence electrons. The molecule has 1 aliphatic carbocycles. The summed E-state index contributed by atoms with van der Waals surface area (Å²) in [5.74, 6) is -1.16. The van der Waals surface area contributed by atoms with Gasteiger partial charge in [-0.1, -0.05) is 23.8 Å². The van der Waals surface area contributed by atoms with E-state index in [1.807, 2.05) is 0 Å². The third-order valence-corrected chi connectivity index (χ3v) is 1.51. The van der Waals surface area contributed by atoms with Crippen LogP contribution >= 0.6 is 0 Å². The monoisotopic (exact) mass is 178 g/mol. The quantitative estimate of drug-likeness (QED) is 0.417. The smallest absolute Gasteiger partial charge is 0.338 e. The third-order valence-electron chi connectivity index (χ3n) is 1.51. The molecule has 0 radical (unpaired) electrons. The van der Waals surface area contributed by atoms with Crippen molar-refractivity contribution < 1.29 is 14.3 Å². The summed E-state index contributed by atoms with van der Waals surface area (Å²) in [6, 6.07) is 0. The molecular formula is C10H10O3. The number of rotatable bonds is 0. The minimum Gasteiger partial charge on any atom is -0.387 e. The first-order valence-electron chi connectivity index (χ1n) is 3.94. The van der Waals surface area contributed by atoms with E-state index in [2.05, 4.69) is 29.9 Å². The van der Waals surface area contributed by atoms with E-state index >= 15 is 0 Å². The number of carbonyl (C=O) groups is 2. The average molecular weight is 178 g/mol. The fraction of sp³-hybridized carbons (Fsp3) is 0.200. The van der Waals surface area contributed by atoms with Gasteiger partial charge in [-0.25, -0.2) is 9.59 Å². The Kier molecular flexibility index (Phi) is 3.20. The van der Waals surface area contributed by atoms with Crippen LogP contribution < -0.4 is 0 Å². The first-order valence-corrected chi connectivity index (χ1v) is 3.94. The van der Waals surface area contributed by atoms with E-state index in [1.165, 1.54) is 12.0 Å². The van der Waals surface area contributed by atoms with Crippen molar-refractivity contribution in [3.05, 3.63) is 36.0 Å². The van der Waals surface area contributed by atoms with Crippen molar-refractivity contribution in [2.24, 2.45) is 0 Å². The van der Waals surface area contributed by atoms with Crippen LogP contribution in [0.25, 0.3) is 0 Å². The van der Waals surface area contributed by atoms with Crippen molar-refractivity contribution in [1.29, 1.82) is 0 Å². The van der Waals surface area contributed by atoms with Gasteiger partial charge in [0.25, 0.3) is 0 Å². The van der Waals surface area contributed by atoms with Gasteiger partial charge < -0.3 is 4.74 Å². The largest absolute Gasteiger partial charge is 0.387 e. The van der Waals surface area contributed by atoms with Crippen LogP contribution in [0.15, 0.2) is 36.0 Å². The highest BCUT2D eigenvalue weighted by molar-refractivity contribution is 6.04. The van der Waals surface area contributed by atoms with Gasteiger partial charge in [-0.2, -0.15) is 0 Å². The van der Waals surface area contributed by atoms with Crippen molar-refractivity contribution >= 4 is 11.9 Å². The topological polar surface area (TPSA) is 43.4 Å². The number of carbonyl (C=O) groups excluding carboxylic acids is 2. The molecule has 2 aliphatic rings. The molecule has 0 saturated carbocycles. The molecule has 0 aromatic carbocycles. The van der Waals surface area contributed by atoms with Crippen LogP contribution in [-0.2, 0) is 14.3 Å². The zero-order valence-electron chi connectivity index (χ0n) is 7.32. The fourth-order valence-electron chi connectivity index (χ4n) is 0.858. The highest BCUT2D eigenvalue weighted by Crippen LogP contribution is 2.06. The minimum atomic E-state index is -0.579. The van der Waals surface area contributed by atoms with E-state index in [4.69, 9.17) is 0 Å². The molecular weight excluding hydrogens is 168 g/mol. The first-order chi connectivity index (χ1) is 6.18. The van der Waals surface area contributed by atoms with Crippen LogP contribution in [0.2, 0.25) is 0 Å². The molecule has 0 aromatic heterocycles. The Bertz CT molecular complexity index is 292. The van der Waals surface area contributed by atoms with Gasteiger partial charge in [-0.15, -0.1) is 0 Å². The van der Waals surface area contributed by atoms with E-state index in [1.54, 1.807) is 0 Å². The van der Waals surface area contributed by atoms with Crippen molar-refractivity contribution in [2.45, 2.75) is 13.3 Å². The second-order valence-electron chi connectivity index (χ2n) is 2.72. The molecule has 1 heterocycles. The Hall–Kier alpha value is -1.64. The van der Waals surface area contributed by atoms with E-state index in [0.717, 1.165) is 12.2 Å². The number of allylic oxidation sites excluding steroid dienone is 4. The predicted molar refractivity (Wildman–Crippen MR) is 47.8 cm³/mol. The second-order valence-corrected chi connectivity index (χ2v) is 2.72. The molecule has 0 bridgehead atoms. The van der Waals surface area contributed by atoms with Gasteiger partial charge in [-0.05, 0) is 13.3 Å². The van der Waals surface area contributed by atoms with Crippen molar-refractivity contribution in [3.8, 4) is 0 Å². The molecule has 2 rings (SSSR count). The first kappa shape index (κ1) is 9.45. The molecule has 0 N–H and O–H groups in total. The van der Waals surface area contributed by atoms with Crippen LogP contribution in [0.5, 0.6) is 0 Å². The summed E-state index contributed by atoms with van der Waals surface area (Å²) < 4.78 is 3.97. The van der Waals surface area contributed by atoms with Gasteiger partial charge >= 0.3 is 11.9 Å². The number of cyclic esters (lactones) is 2. The maximum absolute atomic E-state index is 9.92. The molecule has 0 fully saturated rings. The standard InChI is InChI=1S/C6H8.C4H2O3/c1-6-4-2-3-5-6;5-3-1-2-4(6)7-3/h2-4H,5H2,1H3;1-2H. The predicted octanol–water partition coefficient (Wildman–Crippen LogP) is 1.52. The van der Waals surface area contributed by atoms with Crippen LogP contribution in [0, 0.1) is 0 Å². The van der Waals surface area contributed by atoms with Crippen LogP contribution in [-0.4, -0.2) is 11.9 Å². The Morgan fingerprint density at radius 2 is 1.85 bits per heavy atom.